The van der Waals surface area contributed by atoms with Crippen LogP contribution in [0.3, 0.4) is 0 Å². The number of piperidine rings is 1. The Morgan fingerprint density at radius 3 is 1.57 bits per heavy atom. The number of ether oxygens (including phenoxy) is 5. The first-order chi connectivity index (χ1) is 38.0. The maximum Gasteiger partial charge on any atom is 0.339 e. The van der Waals surface area contributed by atoms with Crippen molar-refractivity contribution in [1.29, 1.82) is 0 Å². The largest absolute Gasteiger partial charge is 0.490 e. The Hall–Kier alpha value is -5.49. The minimum Gasteiger partial charge on any atom is -0.490 e. The number of methoxy groups -OCH3 is 1. The van der Waals surface area contributed by atoms with Gasteiger partial charge in [0.05, 0.1) is 50.8 Å². The van der Waals surface area contributed by atoms with Crippen molar-refractivity contribution < 1.29 is 38.4 Å². The molecule has 3 N–H and O–H groups in total. The molecule has 4 aliphatic heterocycles. The summed E-state index contributed by atoms with van der Waals surface area (Å²) in [5.74, 6) is 0.163. The Morgan fingerprint density at radius 2 is 1.12 bits per heavy atom. The molecule has 430 valence electrons. The number of rotatable bonds is 11. The fourth-order valence-corrected chi connectivity index (χ4v) is 11.4. The van der Waals surface area contributed by atoms with Crippen LogP contribution in [0.5, 0.6) is 11.5 Å². The lowest BCUT2D eigenvalue weighted by Gasteiger charge is -2.32. The number of aliphatic carboxylic acids is 1. The highest BCUT2D eigenvalue weighted by molar-refractivity contribution is 6.37. The van der Waals surface area contributed by atoms with Gasteiger partial charge in [0.15, 0.2) is 12.2 Å². The zero-order valence-electron chi connectivity index (χ0n) is 48.2. The number of piperazine rings is 1. The number of carbonyl (C=O) groups is 2. The number of hydrogen-bond donors (Lipinski definition) is 3. The summed E-state index contributed by atoms with van der Waals surface area (Å²) < 4.78 is 29.1. The number of nitrogens with zero attached hydrogens (tertiary/aromatic N) is 5. The van der Waals surface area contributed by atoms with E-state index in [9.17, 15) is 14.7 Å². The molecule has 80 heavy (non-hydrogen) atoms. The fourth-order valence-electron chi connectivity index (χ4n) is 10.6. The average Bonchev–Trinajstić information content (AvgIpc) is 3.49. The number of likely N-dealkylation sites (N-methyl/N-ethyl adjacent to an activating group) is 1. The molecular weight excluding hydrogens is 1080 g/mol. The minimum absolute atomic E-state index is 0.368. The highest BCUT2D eigenvalue weighted by Gasteiger charge is 2.36. The smallest absolute Gasteiger partial charge is 0.339 e. The number of likely N-dealkylation sites (tertiary alicyclic amines) is 1. The number of carboxylic acids is 1. The number of fused-ring (bicyclic) bond motifs is 4. The van der Waals surface area contributed by atoms with Crippen LogP contribution >= 0.6 is 34.8 Å². The number of nitrogens with one attached hydrogen (secondary N) is 2. The summed E-state index contributed by atoms with van der Waals surface area (Å²) in [6.45, 7) is 25.0. The third-order valence-corrected chi connectivity index (χ3v) is 15.6. The van der Waals surface area contributed by atoms with Crippen LogP contribution in [0.4, 0.5) is 11.4 Å². The van der Waals surface area contributed by atoms with Crippen molar-refractivity contribution >= 4 is 79.9 Å². The van der Waals surface area contributed by atoms with Gasteiger partial charge in [0.25, 0.3) is 0 Å². The summed E-state index contributed by atoms with van der Waals surface area (Å²) in [6.07, 6.45) is 2.05. The molecule has 2 saturated heterocycles. The van der Waals surface area contributed by atoms with Gasteiger partial charge in [-0.05, 0) is 143 Å². The summed E-state index contributed by atoms with van der Waals surface area (Å²) in [6, 6.07) is 19.7. The standard InChI is InChI=1S/C30H37ClN4O4.C26H28Cl2N2O4.C6H13N/c1-18-24(28(29(36)37)39-30(2,3)4)25(21-8-9-23-27(26(21)31)32-10-15-38-23)20-7-6-19(16-22(20)33-18)17-35-13-11-34(5)12-14-35;1-14-20(24(25(31)32-5)34-26(2,3)4)21(16-7-6-15(13-27)12-18(16)30-14)17-8-9-19-23(22(17)28)29-10-11-33-19;1-7-5-3-2-4-6-7/h6-9,16,28,32H,10-15,17H2,1-5H3,(H,36,37);6-9,12,24,29H,10-11,13H2,1-5H3;2-6H2,1H3/t28-;24-;/m00./s1. The van der Waals surface area contributed by atoms with Crippen molar-refractivity contribution in [3.05, 3.63) is 104 Å². The molecule has 2 aromatic heterocycles. The fraction of sp³-hybridized carbons (Fsp3) is 0.484. The van der Waals surface area contributed by atoms with Crippen molar-refractivity contribution in [2.45, 2.75) is 110 Å². The lowest BCUT2D eigenvalue weighted by atomic mass is 9.90. The number of anilines is 2. The highest BCUT2D eigenvalue weighted by atomic mass is 35.5. The topological polar surface area (TPSA) is 160 Å². The van der Waals surface area contributed by atoms with Crippen LogP contribution in [0.15, 0.2) is 60.7 Å². The number of carboxylic acid groups (broad SMARTS) is 1. The molecule has 6 heterocycles. The number of esters is 1. The van der Waals surface area contributed by atoms with E-state index in [1.54, 1.807) is 0 Å². The Labute approximate surface area is 486 Å². The molecule has 0 aliphatic carbocycles. The molecule has 0 unspecified atom stereocenters. The predicted molar refractivity (Wildman–Crippen MR) is 322 cm³/mol. The molecule has 10 rings (SSSR count). The Balaban J connectivity index is 0.000000188. The van der Waals surface area contributed by atoms with E-state index in [1.165, 1.54) is 45.0 Å². The molecular formula is C62H78Cl3N7O8. The van der Waals surface area contributed by atoms with Gasteiger partial charge in [-0.25, -0.2) is 9.59 Å². The van der Waals surface area contributed by atoms with Crippen molar-refractivity contribution in [2.24, 2.45) is 0 Å². The number of alkyl halides is 1. The molecule has 18 heteroatoms. The van der Waals surface area contributed by atoms with Crippen LogP contribution in [0.25, 0.3) is 44.1 Å². The van der Waals surface area contributed by atoms with E-state index >= 15 is 0 Å². The minimum atomic E-state index is -1.22. The number of aromatic nitrogens is 2. The third-order valence-electron chi connectivity index (χ3n) is 14.5. The van der Waals surface area contributed by atoms with E-state index in [4.69, 9.17) is 68.5 Å². The first-order valence-corrected chi connectivity index (χ1v) is 28.9. The molecule has 2 fully saturated rings. The van der Waals surface area contributed by atoms with Gasteiger partial charge in [-0.15, -0.1) is 11.6 Å². The molecule has 4 aromatic carbocycles. The lowest BCUT2D eigenvalue weighted by Crippen LogP contribution is -2.43. The van der Waals surface area contributed by atoms with E-state index in [2.05, 4.69) is 51.6 Å². The molecule has 0 saturated carbocycles. The lowest BCUT2D eigenvalue weighted by molar-refractivity contribution is -0.164. The van der Waals surface area contributed by atoms with Crippen LogP contribution in [-0.2, 0) is 36.2 Å². The zero-order valence-corrected chi connectivity index (χ0v) is 50.5. The van der Waals surface area contributed by atoms with E-state index in [0.717, 1.165) is 88.0 Å². The van der Waals surface area contributed by atoms with Crippen LogP contribution in [0.2, 0.25) is 10.0 Å². The van der Waals surface area contributed by atoms with Gasteiger partial charge in [0.1, 0.15) is 24.7 Å². The van der Waals surface area contributed by atoms with Gasteiger partial charge in [-0.1, -0.05) is 53.9 Å². The second kappa shape index (κ2) is 26.2. The number of benzene rings is 4. The molecule has 0 spiro atoms. The first kappa shape index (κ1) is 60.6. The molecule has 0 radical (unpaired) electrons. The summed E-state index contributed by atoms with van der Waals surface area (Å²) in [4.78, 5) is 42.6. The van der Waals surface area contributed by atoms with Crippen LogP contribution in [-0.4, -0.2) is 140 Å². The number of pyridine rings is 2. The van der Waals surface area contributed by atoms with Crippen molar-refractivity contribution in [3.63, 3.8) is 0 Å². The van der Waals surface area contributed by atoms with Gasteiger partial charge in [0, 0.05) is 107 Å². The maximum atomic E-state index is 13.0. The Kier molecular flexibility index (Phi) is 19.8. The van der Waals surface area contributed by atoms with Crippen molar-refractivity contribution in [2.75, 3.05) is 97.4 Å². The van der Waals surface area contributed by atoms with Gasteiger partial charge < -0.3 is 49.2 Å². The predicted octanol–water partition coefficient (Wildman–Crippen LogP) is 12.9. The molecule has 6 aromatic rings. The van der Waals surface area contributed by atoms with E-state index in [0.29, 0.717) is 81.9 Å². The van der Waals surface area contributed by atoms with E-state index in [-0.39, 0.29) is 0 Å². The van der Waals surface area contributed by atoms with Crippen molar-refractivity contribution in [1.82, 2.24) is 24.7 Å². The summed E-state index contributed by atoms with van der Waals surface area (Å²) in [5, 5.41) is 19.7. The maximum absolute atomic E-state index is 13.0. The quantitative estimate of drug-likeness (QED) is 0.0830. The van der Waals surface area contributed by atoms with E-state index in [1.807, 2.05) is 104 Å². The van der Waals surface area contributed by atoms with Gasteiger partial charge in [-0.3, -0.25) is 14.9 Å². The zero-order chi connectivity index (χ0) is 57.6. The Bertz CT molecular complexity index is 3200. The van der Waals surface area contributed by atoms with Crippen LogP contribution in [0, 0.1) is 13.8 Å². The normalized spacial score (nSPS) is 16.7. The highest BCUT2D eigenvalue weighted by Crippen LogP contribution is 2.49. The SMILES string of the molecule is CN1CCCCC1.COC(=O)[C@@H](OC(C)(C)C)c1c(C)nc2cc(CCl)ccc2c1-c1ccc2c(c1Cl)NCCO2.Cc1nc2cc(CN3CCN(C)CC3)ccc2c(-c2ccc3c(c2Cl)NCCO3)c1[C@H](OC(C)(C)C)C(=O)O. The second-order valence-corrected chi connectivity index (χ2v) is 24.0. The van der Waals surface area contributed by atoms with Crippen LogP contribution < -0.4 is 20.1 Å². The molecule has 0 amide bonds. The van der Waals surface area contributed by atoms with Gasteiger partial charge in [0.2, 0.25) is 0 Å². The Morgan fingerprint density at radius 1 is 0.662 bits per heavy atom. The molecule has 0 bridgehead atoms. The number of carbonyl (C=O) groups excluding carboxylic acids is 1. The third kappa shape index (κ3) is 14.4. The number of aryl methyl sites for hydroxylation is 2. The molecule has 2 atom stereocenters. The molecule has 15 nitrogen and oxygen atoms in total. The number of hydrogen-bond acceptors (Lipinski definition) is 14. The number of halogens is 3. The van der Waals surface area contributed by atoms with Gasteiger partial charge in [-0.2, -0.15) is 0 Å². The monoisotopic (exact) mass is 1150 g/mol. The average molecular weight is 1160 g/mol. The van der Waals surface area contributed by atoms with Crippen molar-refractivity contribution in [3.8, 4) is 33.8 Å². The first-order valence-electron chi connectivity index (χ1n) is 27.6. The second-order valence-electron chi connectivity index (χ2n) is 23.0. The summed E-state index contributed by atoms with van der Waals surface area (Å²) >= 11 is 20.1. The van der Waals surface area contributed by atoms with E-state index < -0.39 is 35.3 Å². The summed E-state index contributed by atoms with van der Waals surface area (Å²) in [7, 11) is 5.70. The van der Waals surface area contributed by atoms with Crippen LogP contribution in [0.1, 0.15) is 107 Å². The molecule has 4 aliphatic rings. The van der Waals surface area contributed by atoms with Gasteiger partial charge >= 0.3 is 11.9 Å². The summed E-state index contributed by atoms with van der Waals surface area (Å²) in [5.41, 5.74) is 9.13.